The van der Waals surface area contributed by atoms with Crippen molar-refractivity contribution in [2.45, 2.75) is 30.3 Å². The van der Waals surface area contributed by atoms with Crippen LogP contribution >= 0.6 is 11.8 Å². The maximum Gasteiger partial charge on any atom is 0.252 e. The molecule has 2 N–H and O–H groups in total. The lowest BCUT2D eigenvalue weighted by molar-refractivity contribution is 0.0934. The van der Waals surface area contributed by atoms with E-state index in [1.54, 1.807) is 11.8 Å². The van der Waals surface area contributed by atoms with E-state index in [2.05, 4.69) is 5.32 Å². The number of aliphatic hydroxyl groups excluding tert-OH is 1. The van der Waals surface area contributed by atoms with E-state index in [0.717, 1.165) is 17.7 Å². The highest BCUT2D eigenvalue weighted by Crippen LogP contribution is 2.33. The molecule has 98 valence electrons. The van der Waals surface area contributed by atoms with Gasteiger partial charge in [-0.05, 0) is 43.6 Å². The minimum absolute atomic E-state index is 0.0528. The lowest BCUT2D eigenvalue weighted by Gasteiger charge is -2.11. The molecule has 0 radical (unpaired) electrons. The topological polar surface area (TPSA) is 49.3 Å². The second-order valence-corrected chi connectivity index (χ2v) is 5.50. The van der Waals surface area contributed by atoms with Gasteiger partial charge < -0.3 is 10.4 Å². The Bertz CT molecular complexity index is 418. The molecule has 1 aromatic carbocycles. The number of rotatable bonds is 6. The maximum absolute atomic E-state index is 12.0. The summed E-state index contributed by atoms with van der Waals surface area (Å²) in [5.41, 5.74) is 0.714. The molecule has 1 amide bonds. The summed E-state index contributed by atoms with van der Waals surface area (Å²) in [5.74, 6) is 0.420. The van der Waals surface area contributed by atoms with Gasteiger partial charge in [-0.3, -0.25) is 4.79 Å². The van der Waals surface area contributed by atoms with Crippen molar-refractivity contribution in [2.24, 2.45) is 5.92 Å². The van der Waals surface area contributed by atoms with E-state index in [9.17, 15) is 9.90 Å². The third-order valence-electron chi connectivity index (χ3n) is 3.24. The summed E-state index contributed by atoms with van der Waals surface area (Å²) in [7, 11) is 0. The zero-order valence-electron chi connectivity index (χ0n) is 10.6. The Labute approximate surface area is 112 Å². The summed E-state index contributed by atoms with van der Waals surface area (Å²) in [6.45, 7) is 0.541. The number of amides is 1. The van der Waals surface area contributed by atoms with Gasteiger partial charge in [0.25, 0.3) is 5.91 Å². The van der Waals surface area contributed by atoms with Crippen LogP contribution < -0.4 is 5.32 Å². The predicted molar refractivity (Wildman–Crippen MR) is 73.9 cm³/mol. The monoisotopic (exact) mass is 265 g/mol. The first-order valence-electron chi connectivity index (χ1n) is 6.31. The highest BCUT2D eigenvalue weighted by Gasteiger charge is 2.29. The largest absolute Gasteiger partial charge is 0.393 e. The Hall–Kier alpha value is -1.00. The molecular formula is C14H19NO2S. The van der Waals surface area contributed by atoms with Gasteiger partial charge in [0.15, 0.2) is 0 Å². The van der Waals surface area contributed by atoms with Gasteiger partial charge in [0, 0.05) is 11.4 Å². The first-order chi connectivity index (χ1) is 8.72. The molecule has 0 spiro atoms. The molecular weight excluding hydrogens is 246 g/mol. The van der Waals surface area contributed by atoms with Crippen molar-refractivity contribution in [1.29, 1.82) is 0 Å². The summed E-state index contributed by atoms with van der Waals surface area (Å²) in [5, 5.41) is 12.6. The molecule has 1 fully saturated rings. The molecule has 1 aromatic rings. The minimum Gasteiger partial charge on any atom is -0.393 e. The molecule has 0 aliphatic heterocycles. The summed E-state index contributed by atoms with van der Waals surface area (Å²) in [6, 6.07) is 7.57. The number of benzene rings is 1. The van der Waals surface area contributed by atoms with Gasteiger partial charge >= 0.3 is 0 Å². The van der Waals surface area contributed by atoms with Crippen molar-refractivity contribution in [3.05, 3.63) is 29.8 Å². The van der Waals surface area contributed by atoms with E-state index < -0.39 is 0 Å². The van der Waals surface area contributed by atoms with Crippen LogP contribution in [-0.4, -0.2) is 29.9 Å². The zero-order chi connectivity index (χ0) is 13.0. The maximum atomic E-state index is 12.0. The van der Waals surface area contributed by atoms with Gasteiger partial charge in [-0.15, -0.1) is 11.8 Å². The van der Waals surface area contributed by atoms with Crippen LogP contribution in [0.5, 0.6) is 0 Å². The smallest absolute Gasteiger partial charge is 0.252 e. The second-order valence-electron chi connectivity index (χ2n) is 4.65. The fourth-order valence-electron chi connectivity index (χ4n) is 1.98. The summed E-state index contributed by atoms with van der Waals surface area (Å²) < 4.78 is 0. The summed E-state index contributed by atoms with van der Waals surface area (Å²) >= 11 is 1.57. The van der Waals surface area contributed by atoms with Crippen LogP contribution in [-0.2, 0) is 0 Å². The van der Waals surface area contributed by atoms with Crippen LogP contribution in [0.1, 0.15) is 29.6 Å². The SMILES string of the molecule is CSc1ccccc1C(=O)NCC[C@H](O)C1CC1. The normalized spacial score (nSPS) is 16.3. The molecule has 3 nitrogen and oxygen atoms in total. The second kappa shape index (κ2) is 6.25. The average Bonchev–Trinajstić information content (AvgIpc) is 3.22. The number of carbonyl (C=O) groups is 1. The lowest BCUT2D eigenvalue weighted by Crippen LogP contribution is -2.28. The highest BCUT2D eigenvalue weighted by molar-refractivity contribution is 7.98. The van der Waals surface area contributed by atoms with Crippen LogP contribution in [0, 0.1) is 5.92 Å². The van der Waals surface area contributed by atoms with E-state index in [1.165, 1.54) is 0 Å². The first kappa shape index (κ1) is 13.4. The Morgan fingerprint density at radius 2 is 2.22 bits per heavy atom. The Morgan fingerprint density at radius 3 is 2.89 bits per heavy atom. The number of aliphatic hydroxyl groups is 1. The van der Waals surface area contributed by atoms with Gasteiger partial charge in [-0.2, -0.15) is 0 Å². The molecule has 1 atom stereocenters. The first-order valence-corrected chi connectivity index (χ1v) is 7.54. The molecule has 0 heterocycles. The van der Waals surface area contributed by atoms with Crippen LogP contribution in [0.25, 0.3) is 0 Å². The van der Waals surface area contributed by atoms with Gasteiger partial charge in [-0.25, -0.2) is 0 Å². The number of carbonyl (C=O) groups excluding carboxylic acids is 1. The van der Waals surface area contributed by atoms with Crippen molar-refractivity contribution in [2.75, 3.05) is 12.8 Å². The Morgan fingerprint density at radius 1 is 1.50 bits per heavy atom. The average molecular weight is 265 g/mol. The minimum atomic E-state index is -0.249. The van der Waals surface area contributed by atoms with Crippen molar-refractivity contribution in [3.63, 3.8) is 0 Å². The molecule has 2 rings (SSSR count). The van der Waals surface area contributed by atoms with Crippen molar-refractivity contribution in [3.8, 4) is 0 Å². The van der Waals surface area contributed by atoms with Crippen LogP contribution in [0.15, 0.2) is 29.2 Å². The molecule has 0 aromatic heterocycles. The number of hydrogen-bond donors (Lipinski definition) is 2. The van der Waals surface area contributed by atoms with Crippen molar-refractivity contribution < 1.29 is 9.90 Å². The molecule has 4 heteroatoms. The third kappa shape index (κ3) is 3.50. The van der Waals surface area contributed by atoms with Gasteiger partial charge in [0.2, 0.25) is 0 Å². The van der Waals surface area contributed by atoms with E-state index >= 15 is 0 Å². The highest BCUT2D eigenvalue weighted by atomic mass is 32.2. The quantitative estimate of drug-likeness (QED) is 0.776. The zero-order valence-corrected chi connectivity index (χ0v) is 11.4. The van der Waals surface area contributed by atoms with Crippen molar-refractivity contribution in [1.82, 2.24) is 5.32 Å². The summed E-state index contributed by atoms with van der Waals surface area (Å²) in [6.07, 6.45) is 4.62. The molecule has 0 saturated heterocycles. The molecule has 1 aliphatic carbocycles. The Kier molecular flexibility index (Phi) is 4.66. The van der Waals surface area contributed by atoms with E-state index in [-0.39, 0.29) is 12.0 Å². The molecule has 1 saturated carbocycles. The van der Waals surface area contributed by atoms with E-state index in [1.807, 2.05) is 30.5 Å². The van der Waals surface area contributed by atoms with Crippen molar-refractivity contribution >= 4 is 17.7 Å². The van der Waals surface area contributed by atoms with E-state index in [0.29, 0.717) is 24.4 Å². The van der Waals surface area contributed by atoms with Crippen LogP contribution in [0.4, 0.5) is 0 Å². The summed E-state index contributed by atoms with van der Waals surface area (Å²) in [4.78, 5) is 13.0. The van der Waals surface area contributed by atoms with Gasteiger partial charge in [-0.1, -0.05) is 12.1 Å². The fraction of sp³-hybridized carbons (Fsp3) is 0.500. The molecule has 1 aliphatic rings. The van der Waals surface area contributed by atoms with Gasteiger partial charge in [0.1, 0.15) is 0 Å². The number of hydrogen-bond acceptors (Lipinski definition) is 3. The molecule has 0 unspecified atom stereocenters. The van der Waals surface area contributed by atoms with E-state index in [4.69, 9.17) is 0 Å². The number of nitrogens with one attached hydrogen (secondary N) is 1. The standard InChI is InChI=1S/C14H19NO2S/c1-18-13-5-3-2-4-11(13)14(17)15-9-8-12(16)10-6-7-10/h2-5,10,12,16H,6-9H2,1H3,(H,15,17)/t12-/m0/s1. The number of thioether (sulfide) groups is 1. The molecule has 18 heavy (non-hydrogen) atoms. The predicted octanol–water partition coefficient (Wildman–Crippen LogP) is 2.30. The molecule has 0 bridgehead atoms. The third-order valence-corrected chi connectivity index (χ3v) is 4.04. The fourth-order valence-corrected chi connectivity index (χ4v) is 2.57. The van der Waals surface area contributed by atoms with Gasteiger partial charge in [0.05, 0.1) is 11.7 Å². The van der Waals surface area contributed by atoms with Crippen LogP contribution in [0.3, 0.4) is 0 Å². The Balaban J connectivity index is 1.83. The lowest BCUT2D eigenvalue weighted by atomic mass is 10.1. The van der Waals surface area contributed by atoms with Crippen LogP contribution in [0.2, 0.25) is 0 Å².